The van der Waals surface area contributed by atoms with Gasteiger partial charge in [0.1, 0.15) is 17.4 Å². The smallest absolute Gasteiger partial charge is 0.290 e. The van der Waals surface area contributed by atoms with Crippen LogP contribution in [0.15, 0.2) is 53.0 Å². The molecule has 6 heteroatoms. The minimum atomic E-state index is -0.554. The number of hydrogen-bond donors (Lipinski definition) is 0. The van der Waals surface area contributed by atoms with Crippen molar-refractivity contribution in [1.82, 2.24) is 4.57 Å². The SMILES string of the molecule is COc1ccc(C=C(C#N)C(=O)N=c2sc3cc(C)ccc3n2C)cc1. The van der Waals surface area contributed by atoms with Crippen LogP contribution in [0.2, 0.25) is 0 Å². The summed E-state index contributed by atoms with van der Waals surface area (Å²) in [4.78, 5) is 17.2. The lowest BCUT2D eigenvalue weighted by molar-refractivity contribution is -0.114. The molecule has 0 aliphatic heterocycles. The summed E-state index contributed by atoms with van der Waals surface area (Å²) in [7, 11) is 3.44. The summed E-state index contributed by atoms with van der Waals surface area (Å²) < 4.78 is 8.02. The monoisotopic (exact) mass is 363 g/mol. The zero-order chi connectivity index (χ0) is 18.7. The molecule has 0 radical (unpaired) electrons. The van der Waals surface area contributed by atoms with Crippen LogP contribution >= 0.6 is 11.3 Å². The predicted octanol–water partition coefficient (Wildman–Crippen LogP) is 3.59. The van der Waals surface area contributed by atoms with Gasteiger partial charge in [-0.1, -0.05) is 29.5 Å². The Morgan fingerprint density at radius 1 is 1.27 bits per heavy atom. The molecule has 0 saturated carbocycles. The summed E-state index contributed by atoms with van der Waals surface area (Å²) in [5.41, 5.74) is 2.88. The molecule has 0 atom stereocenters. The van der Waals surface area contributed by atoms with Gasteiger partial charge in [0.15, 0.2) is 4.80 Å². The maximum atomic E-state index is 12.5. The van der Waals surface area contributed by atoms with Crippen LogP contribution in [0.5, 0.6) is 5.75 Å². The number of carbonyl (C=O) groups excluding carboxylic acids is 1. The van der Waals surface area contributed by atoms with Crippen LogP contribution in [-0.4, -0.2) is 17.6 Å². The number of carbonyl (C=O) groups is 1. The van der Waals surface area contributed by atoms with E-state index in [1.807, 2.05) is 36.7 Å². The molecule has 3 rings (SSSR count). The zero-order valence-corrected chi connectivity index (χ0v) is 15.5. The van der Waals surface area contributed by atoms with Gasteiger partial charge in [-0.3, -0.25) is 4.79 Å². The highest BCUT2D eigenvalue weighted by molar-refractivity contribution is 7.16. The Morgan fingerprint density at radius 2 is 2.00 bits per heavy atom. The van der Waals surface area contributed by atoms with Crippen molar-refractivity contribution in [3.8, 4) is 11.8 Å². The second-order valence-electron chi connectivity index (χ2n) is 5.77. The second-order valence-corrected chi connectivity index (χ2v) is 6.78. The number of methoxy groups -OCH3 is 1. The van der Waals surface area contributed by atoms with Crippen LogP contribution < -0.4 is 9.54 Å². The Bertz CT molecular complexity index is 1110. The van der Waals surface area contributed by atoms with Gasteiger partial charge in [0, 0.05) is 7.05 Å². The molecule has 2 aromatic carbocycles. The van der Waals surface area contributed by atoms with Crippen molar-refractivity contribution in [1.29, 1.82) is 5.26 Å². The van der Waals surface area contributed by atoms with Gasteiger partial charge < -0.3 is 9.30 Å². The maximum Gasteiger partial charge on any atom is 0.290 e. The second kappa shape index (κ2) is 7.38. The van der Waals surface area contributed by atoms with E-state index >= 15 is 0 Å². The Labute approximate surface area is 155 Å². The number of amides is 1. The zero-order valence-electron chi connectivity index (χ0n) is 14.7. The number of aryl methyl sites for hydroxylation is 2. The molecule has 26 heavy (non-hydrogen) atoms. The van der Waals surface area contributed by atoms with Crippen LogP contribution in [0.25, 0.3) is 16.3 Å². The highest BCUT2D eigenvalue weighted by Crippen LogP contribution is 2.18. The van der Waals surface area contributed by atoms with E-state index in [2.05, 4.69) is 11.1 Å². The fraction of sp³-hybridized carbons (Fsp3) is 0.150. The minimum Gasteiger partial charge on any atom is -0.497 e. The van der Waals surface area contributed by atoms with Gasteiger partial charge in [0.25, 0.3) is 5.91 Å². The van der Waals surface area contributed by atoms with Crippen molar-refractivity contribution in [2.24, 2.45) is 12.0 Å². The fourth-order valence-corrected chi connectivity index (χ4v) is 3.62. The molecular formula is C20H17N3O2S. The molecule has 5 nitrogen and oxygen atoms in total. The van der Waals surface area contributed by atoms with Crippen LogP contribution in [0.1, 0.15) is 11.1 Å². The van der Waals surface area contributed by atoms with Crippen molar-refractivity contribution in [3.63, 3.8) is 0 Å². The molecule has 1 heterocycles. The average molecular weight is 363 g/mol. The standard InChI is InChI=1S/C20H17N3O2S/c1-13-4-9-17-18(10-13)26-20(23(17)2)22-19(24)15(12-21)11-14-5-7-16(25-3)8-6-14/h4-11H,1-3H3. The van der Waals surface area contributed by atoms with Crippen molar-refractivity contribution in [3.05, 3.63) is 64.0 Å². The van der Waals surface area contributed by atoms with E-state index in [1.165, 1.54) is 17.4 Å². The molecule has 0 N–H and O–H groups in total. The molecule has 0 bridgehead atoms. The number of aromatic nitrogens is 1. The molecule has 3 aromatic rings. The number of nitriles is 1. The van der Waals surface area contributed by atoms with Crippen LogP contribution in [-0.2, 0) is 11.8 Å². The van der Waals surface area contributed by atoms with Crippen molar-refractivity contribution >= 4 is 33.5 Å². The van der Waals surface area contributed by atoms with Crippen LogP contribution in [0.4, 0.5) is 0 Å². The molecule has 0 spiro atoms. The molecule has 0 aliphatic carbocycles. The summed E-state index contributed by atoms with van der Waals surface area (Å²) in [5, 5.41) is 9.35. The van der Waals surface area contributed by atoms with Gasteiger partial charge in [0.05, 0.1) is 17.3 Å². The Hall–Kier alpha value is -3.17. The fourth-order valence-electron chi connectivity index (χ4n) is 2.50. The van der Waals surface area contributed by atoms with E-state index in [1.54, 1.807) is 31.4 Å². The molecule has 0 aliphatic rings. The van der Waals surface area contributed by atoms with E-state index in [-0.39, 0.29) is 5.57 Å². The van der Waals surface area contributed by atoms with Crippen LogP contribution in [0.3, 0.4) is 0 Å². The number of rotatable bonds is 3. The summed E-state index contributed by atoms with van der Waals surface area (Å²) in [5.74, 6) is 0.159. The van der Waals surface area contributed by atoms with Gasteiger partial charge in [-0.25, -0.2) is 0 Å². The maximum absolute atomic E-state index is 12.5. The third kappa shape index (κ3) is 3.58. The third-order valence-corrected chi connectivity index (χ3v) is 5.03. The summed E-state index contributed by atoms with van der Waals surface area (Å²) in [6.07, 6.45) is 1.53. The first kappa shape index (κ1) is 17.6. The number of thiazole rings is 1. The first-order valence-corrected chi connectivity index (χ1v) is 8.74. The third-order valence-electron chi connectivity index (χ3n) is 3.94. The molecule has 1 amide bonds. The molecular weight excluding hydrogens is 346 g/mol. The van der Waals surface area contributed by atoms with Gasteiger partial charge in [0.2, 0.25) is 0 Å². The lowest BCUT2D eigenvalue weighted by Gasteiger charge is -1.99. The first-order valence-electron chi connectivity index (χ1n) is 7.93. The Kier molecular flexibility index (Phi) is 5.01. The number of nitrogens with zero attached hydrogens (tertiary/aromatic N) is 3. The topological polar surface area (TPSA) is 67.4 Å². The minimum absolute atomic E-state index is 0.0104. The van der Waals surface area contributed by atoms with Crippen LogP contribution in [0, 0.1) is 18.3 Å². The van der Waals surface area contributed by atoms with Crippen molar-refractivity contribution in [2.45, 2.75) is 6.92 Å². The largest absolute Gasteiger partial charge is 0.497 e. The van der Waals surface area contributed by atoms with E-state index < -0.39 is 5.91 Å². The quantitative estimate of drug-likeness (QED) is 0.527. The van der Waals surface area contributed by atoms with E-state index in [4.69, 9.17) is 4.74 Å². The van der Waals surface area contributed by atoms with Crippen molar-refractivity contribution in [2.75, 3.05) is 7.11 Å². The number of benzene rings is 2. The van der Waals surface area contributed by atoms with E-state index in [9.17, 15) is 10.1 Å². The molecule has 0 saturated heterocycles. The van der Waals surface area contributed by atoms with Gasteiger partial charge in [-0.05, 0) is 48.4 Å². The lowest BCUT2D eigenvalue weighted by atomic mass is 10.1. The van der Waals surface area contributed by atoms with E-state index in [0.29, 0.717) is 10.6 Å². The number of fused-ring (bicyclic) bond motifs is 1. The molecule has 130 valence electrons. The summed E-state index contributed by atoms with van der Waals surface area (Å²) in [6.45, 7) is 2.02. The normalized spacial score (nSPS) is 12.2. The van der Waals surface area contributed by atoms with Gasteiger partial charge in [-0.2, -0.15) is 10.3 Å². The lowest BCUT2D eigenvalue weighted by Crippen LogP contribution is -2.13. The van der Waals surface area contributed by atoms with Gasteiger partial charge >= 0.3 is 0 Å². The number of hydrogen-bond acceptors (Lipinski definition) is 4. The summed E-state index contributed by atoms with van der Waals surface area (Å²) >= 11 is 1.43. The molecule has 1 aromatic heterocycles. The Morgan fingerprint density at radius 3 is 2.65 bits per heavy atom. The summed E-state index contributed by atoms with van der Waals surface area (Å²) in [6, 6.07) is 15.1. The highest BCUT2D eigenvalue weighted by Gasteiger charge is 2.10. The van der Waals surface area contributed by atoms with Gasteiger partial charge in [-0.15, -0.1) is 0 Å². The molecule has 0 fully saturated rings. The predicted molar refractivity (Wildman–Crippen MR) is 103 cm³/mol. The molecule has 0 unspecified atom stereocenters. The average Bonchev–Trinajstić information content (AvgIpc) is 2.94. The van der Waals surface area contributed by atoms with Crippen molar-refractivity contribution < 1.29 is 9.53 Å². The van der Waals surface area contributed by atoms with E-state index in [0.717, 1.165) is 21.3 Å². The highest BCUT2D eigenvalue weighted by atomic mass is 32.1. The Balaban J connectivity index is 1.99. The number of ether oxygens (including phenoxy) is 1. The first-order chi connectivity index (χ1) is 12.5.